The van der Waals surface area contributed by atoms with Crippen molar-refractivity contribution >= 4 is 37.9 Å². The number of rotatable bonds is 0. The van der Waals surface area contributed by atoms with Crippen LogP contribution in [0, 0.1) is 0 Å². The quantitative estimate of drug-likeness (QED) is 0.420. The fourth-order valence-corrected chi connectivity index (χ4v) is 2.27. The zero-order valence-electron chi connectivity index (χ0n) is 10.0. The Hall–Kier alpha value is -2.00. The van der Waals surface area contributed by atoms with Crippen molar-refractivity contribution in [2.45, 2.75) is 0 Å². The summed E-state index contributed by atoms with van der Waals surface area (Å²) in [6.45, 7) is 0. The number of hydrogen-bond acceptors (Lipinski definition) is 2. The third kappa shape index (κ3) is 2.56. The summed E-state index contributed by atoms with van der Waals surface area (Å²) in [6.07, 6.45) is 3.40. The fourth-order valence-electron chi connectivity index (χ4n) is 1.85. The number of fused-ring (bicyclic) bond motifs is 2. The lowest BCUT2D eigenvalue weighted by atomic mass is 10.3. The first kappa shape index (κ1) is 12.1. The van der Waals surface area contributed by atoms with E-state index in [1.807, 2.05) is 54.6 Å². The van der Waals surface area contributed by atoms with Gasteiger partial charge in [0.15, 0.2) is 0 Å². The van der Waals surface area contributed by atoms with E-state index >= 15 is 0 Å². The number of benzene rings is 2. The Morgan fingerprint density at radius 2 is 1.47 bits per heavy atom. The lowest BCUT2D eigenvalue weighted by molar-refractivity contribution is 0.614. The van der Waals surface area contributed by atoms with Crippen LogP contribution in [0.1, 0.15) is 0 Å². The summed E-state index contributed by atoms with van der Waals surface area (Å²) in [5, 5.41) is 2.29. The third-order valence-corrected chi connectivity index (χ3v) is 3.41. The van der Waals surface area contributed by atoms with Crippen molar-refractivity contribution < 1.29 is 8.83 Å². The number of halogens is 1. The second kappa shape index (κ2) is 5.33. The maximum Gasteiger partial charge on any atom is 0.135 e. The molecule has 0 radical (unpaired) electrons. The summed E-state index contributed by atoms with van der Waals surface area (Å²) in [7, 11) is 0. The van der Waals surface area contributed by atoms with Crippen LogP contribution in [0.4, 0.5) is 0 Å². The number of furan rings is 2. The highest BCUT2D eigenvalue weighted by atomic mass is 79.9. The smallest absolute Gasteiger partial charge is 0.135 e. The number of para-hydroxylation sites is 2. The molecule has 0 amide bonds. The normalized spacial score (nSPS) is 10.4. The van der Waals surface area contributed by atoms with E-state index in [2.05, 4.69) is 15.9 Å². The zero-order valence-corrected chi connectivity index (χ0v) is 11.6. The summed E-state index contributed by atoms with van der Waals surface area (Å²) in [6, 6.07) is 17.8. The van der Waals surface area contributed by atoms with Crippen molar-refractivity contribution in [3.63, 3.8) is 0 Å². The summed E-state index contributed by atoms with van der Waals surface area (Å²) < 4.78 is 11.3. The third-order valence-electron chi connectivity index (χ3n) is 2.80. The molecule has 4 rings (SSSR count). The van der Waals surface area contributed by atoms with Gasteiger partial charge in [-0.1, -0.05) is 30.3 Å². The molecule has 0 aliphatic rings. The molecule has 0 saturated heterocycles. The highest BCUT2D eigenvalue weighted by Gasteiger charge is 1.98. The molecule has 19 heavy (non-hydrogen) atoms. The van der Waals surface area contributed by atoms with Crippen LogP contribution in [0.5, 0.6) is 0 Å². The van der Waals surface area contributed by atoms with Gasteiger partial charge in [-0.2, -0.15) is 0 Å². The van der Waals surface area contributed by atoms with Gasteiger partial charge in [0.1, 0.15) is 17.4 Å². The van der Waals surface area contributed by atoms with E-state index in [1.54, 1.807) is 12.5 Å². The summed E-state index contributed by atoms with van der Waals surface area (Å²) in [5.74, 6) is 0. The largest absolute Gasteiger partial charge is 0.464 e. The fraction of sp³-hybridized carbons (Fsp3) is 0. The maximum atomic E-state index is 5.20. The Morgan fingerprint density at radius 1 is 0.737 bits per heavy atom. The minimum Gasteiger partial charge on any atom is -0.464 e. The molecule has 0 unspecified atom stereocenters. The number of hydrogen-bond donors (Lipinski definition) is 0. The maximum absolute atomic E-state index is 5.20. The molecule has 0 fully saturated rings. The first-order valence-electron chi connectivity index (χ1n) is 5.88. The molecule has 2 aromatic carbocycles. The Bertz CT molecular complexity index is 768. The first-order valence-corrected chi connectivity index (χ1v) is 6.68. The Labute approximate surface area is 118 Å². The van der Waals surface area contributed by atoms with Crippen LogP contribution in [0.3, 0.4) is 0 Å². The first-order chi connectivity index (χ1) is 9.34. The molecule has 2 heterocycles. The van der Waals surface area contributed by atoms with E-state index in [0.29, 0.717) is 0 Å². The van der Waals surface area contributed by atoms with Gasteiger partial charge in [-0.15, -0.1) is 0 Å². The minimum atomic E-state index is 0.925. The molecule has 2 aromatic heterocycles. The van der Waals surface area contributed by atoms with Gasteiger partial charge in [0, 0.05) is 10.8 Å². The average molecular weight is 315 g/mol. The molecule has 0 N–H and O–H groups in total. The van der Waals surface area contributed by atoms with E-state index < -0.39 is 0 Å². The Balaban J connectivity index is 0.000000117. The van der Waals surface area contributed by atoms with Crippen LogP contribution < -0.4 is 0 Å². The lowest BCUT2D eigenvalue weighted by Crippen LogP contribution is -1.60. The van der Waals surface area contributed by atoms with Crippen LogP contribution in [-0.2, 0) is 0 Å². The molecule has 4 aromatic rings. The molecule has 0 saturated carbocycles. The van der Waals surface area contributed by atoms with E-state index in [-0.39, 0.29) is 0 Å². The SMILES string of the molecule is Brc1coc2ccccc12.c1ccc2occc2c1. The van der Waals surface area contributed by atoms with Gasteiger partial charge in [-0.05, 0) is 40.2 Å². The molecule has 3 heteroatoms. The van der Waals surface area contributed by atoms with Gasteiger partial charge in [0.05, 0.1) is 10.7 Å². The Kier molecular flexibility index (Phi) is 3.38. The van der Waals surface area contributed by atoms with Crippen LogP contribution in [0.25, 0.3) is 21.9 Å². The minimum absolute atomic E-state index is 0.925. The van der Waals surface area contributed by atoms with Gasteiger partial charge in [-0.3, -0.25) is 0 Å². The predicted octanol–water partition coefficient (Wildman–Crippen LogP) is 5.63. The van der Waals surface area contributed by atoms with Crippen LogP contribution in [0.2, 0.25) is 0 Å². The second-order valence-electron chi connectivity index (χ2n) is 4.04. The van der Waals surface area contributed by atoms with Crippen molar-refractivity contribution in [3.8, 4) is 0 Å². The van der Waals surface area contributed by atoms with Crippen molar-refractivity contribution in [2.24, 2.45) is 0 Å². The highest BCUT2D eigenvalue weighted by molar-refractivity contribution is 9.10. The van der Waals surface area contributed by atoms with E-state index in [1.165, 1.54) is 0 Å². The van der Waals surface area contributed by atoms with Crippen LogP contribution in [-0.4, -0.2) is 0 Å². The summed E-state index contributed by atoms with van der Waals surface area (Å²) >= 11 is 3.37. The van der Waals surface area contributed by atoms with Gasteiger partial charge in [0.25, 0.3) is 0 Å². The molecular formula is C16H11BrO2. The topological polar surface area (TPSA) is 26.3 Å². The zero-order chi connectivity index (χ0) is 13.1. The standard InChI is InChI=1S/C8H5BrO.C8H6O/c9-7-5-10-8-4-2-1-3-6(7)8;1-2-4-8-7(3-1)5-6-9-8/h1-5H;1-6H. The van der Waals surface area contributed by atoms with Gasteiger partial charge >= 0.3 is 0 Å². The summed E-state index contributed by atoms with van der Waals surface area (Å²) in [5.41, 5.74) is 1.88. The van der Waals surface area contributed by atoms with Gasteiger partial charge < -0.3 is 8.83 Å². The van der Waals surface area contributed by atoms with E-state index in [0.717, 1.165) is 26.4 Å². The van der Waals surface area contributed by atoms with E-state index in [9.17, 15) is 0 Å². The molecule has 94 valence electrons. The van der Waals surface area contributed by atoms with Crippen LogP contribution in [0.15, 0.2) is 80.4 Å². The van der Waals surface area contributed by atoms with E-state index in [4.69, 9.17) is 8.83 Å². The molecule has 2 nitrogen and oxygen atoms in total. The molecule has 0 aliphatic heterocycles. The van der Waals surface area contributed by atoms with Crippen molar-refractivity contribution in [1.82, 2.24) is 0 Å². The highest BCUT2D eigenvalue weighted by Crippen LogP contribution is 2.24. The monoisotopic (exact) mass is 314 g/mol. The van der Waals surface area contributed by atoms with Crippen molar-refractivity contribution in [1.29, 1.82) is 0 Å². The second-order valence-corrected chi connectivity index (χ2v) is 4.89. The summed E-state index contributed by atoms with van der Waals surface area (Å²) in [4.78, 5) is 0. The predicted molar refractivity (Wildman–Crippen MR) is 80.1 cm³/mol. The van der Waals surface area contributed by atoms with Crippen LogP contribution >= 0.6 is 15.9 Å². The Morgan fingerprint density at radius 3 is 2.26 bits per heavy atom. The molecule has 0 aliphatic carbocycles. The van der Waals surface area contributed by atoms with Gasteiger partial charge in [-0.25, -0.2) is 0 Å². The molecule has 0 spiro atoms. The van der Waals surface area contributed by atoms with Crippen molar-refractivity contribution in [2.75, 3.05) is 0 Å². The molecule has 0 atom stereocenters. The average Bonchev–Trinajstić information content (AvgIpc) is 3.07. The molecule has 0 bridgehead atoms. The lowest BCUT2D eigenvalue weighted by Gasteiger charge is -1.83. The van der Waals surface area contributed by atoms with Crippen molar-refractivity contribution in [3.05, 3.63) is 71.6 Å². The molecular weight excluding hydrogens is 304 g/mol. The van der Waals surface area contributed by atoms with Gasteiger partial charge in [0.2, 0.25) is 0 Å².